The summed E-state index contributed by atoms with van der Waals surface area (Å²) in [7, 11) is 4.11. The van der Waals surface area contributed by atoms with E-state index in [-0.39, 0.29) is 0 Å². The Labute approximate surface area is 158 Å². The Hall–Kier alpha value is -3.12. The zero-order valence-corrected chi connectivity index (χ0v) is 15.5. The highest BCUT2D eigenvalue weighted by molar-refractivity contribution is 5.75. The van der Waals surface area contributed by atoms with E-state index in [9.17, 15) is 0 Å². The maximum atomic E-state index is 5.82. The average Bonchev–Trinajstić information content (AvgIpc) is 2.67. The maximum absolute atomic E-state index is 5.82. The van der Waals surface area contributed by atoms with Crippen molar-refractivity contribution in [2.75, 3.05) is 32.6 Å². The highest BCUT2D eigenvalue weighted by Gasteiger charge is 2.17. The quantitative estimate of drug-likeness (QED) is 0.746. The molecule has 0 amide bonds. The average molecular weight is 362 g/mol. The Kier molecular flexibility index (Phi) is 4.89. The van der Waals surface area contributed by atoms with Crippen molar-refractivity contribution in [3.05, 3.63) is 60.3 Å². The number of para-hydroxylation sites is 1. The summed E-state index contributed by atoms with van der Waals surface area (Å²) in [5, 5.41) is 11.7. The van der Waals surface area contributed by atoms with Crippen LogP contribution in [0, 0.1) is 0 Å². The van der Waals surface area contributed by atoms with Crippen molar-refractivity contribution in [3.63, 3.8) is 0 Å². The second-order valence-electron chi connectivity index (χ2n) is 6.72. The number of nitrogens with one attached hydrogen (secondary N) is 1. The number of aromatic nitrogens is 2. The number of hydrogen-bond acceptors (Lipinski definition) is 6. The van der Waals surface area contributed by atoms with Crippen LogP contribution in [0.4, 0.5) is 11.5 Å². The molecule has 4 rings (SSSR count). The molecule has 0 atom stereocenters. The largest absolute Gasteiger partial charge is 0.486 e. The Morgan fingerprint density at radius 3 is 2.78 bits per heavy atom. The number of anilines is 2. The summed E-state index contributed by atoms with van der Waals surface area (Å²) in [6, 6.07) is 16.1. The molecule has 3 aromatic rings. The maximum Gasteiger partial charge on any atom is 0.169 e. The van der Waals surface area contributed by atoms with Crippen LogP contribution >= 0.6 is 0 Å². The third-order valence-electron chi connectivity index (χ3n) is 4.23. The minimum Gasteiger partial charge on any atom is -0.486 e. The third kappa shape index (κ3) is 4.01. The van der Waals surface area contributed by atoms with Gasteiger partial charge in [0.15, 0.2) is 17.3 Å². The van der Waals surface area contributed by atoms with Crippen molar-refractivity contribution in [2.24, 2.45) is 0 Å². The van der Waals surface area contributed by atoms with Crippen LogP contribution in [0.25, 0.3) is 11.1 Å². The van der Waals surface area contributed by atoms with Gasteiger partial charge in [-0.3, -0.25) is 0 Å². The van der Waals surface area contributed by atoms with Gasteiger partial charge in [0.25, 0.3) is 0 Å². The van der Waals surface area contributed by atoms with E-state index in [1.54, 1.807) is 6.20 Å². The molecule has 0 aliphatic carbocycles. The summed E-state index contributed by atoms with van der Waals surface area (Å²) in [5.74, 6) is 2.21. The summed E-state index contributed by atoms with van der Waals surface area (Å²) in [6.07, 6.45) is 1.74. The fourth-order valence-corrected chi connectivity index (χ4v) is 3.14. The van der Waals surface area contributed by atoms with Gasteiger partial charge in [-0.1, -0.05) is 24.3 Å². The monoisotopic (exact) mass is 362 g/mol. The predicted octanol–water partition coefficient (Wildman–Crippen LogP) is 3.72. The first kappa shape index (κ1) is 17.3. The van der Waals surface area contributed by atoms with Crippen LogP contribution in [-0.2, 0) is 6.54 Å². The first-order chi connectivity index (χ1) is 13.2. The van der Waals surface area contributed by atoms with Crippen LogP contribution in [0.3, 0.4) is 0 Å². The second-order valence-corrected chi connectivity index (χ2v) is 6.72. The van der Waals surface area contributed by atoms with Crippen LogP contribution in [0.15, 0.2) is 54.7 Å². The molecule has 0 radical (unpaired) electrons. The predicted molar refractivity (Wildman–Crippen MR) is 106 cm³/mol. The first-order valence-electron chi connectivity index (χ1n) is 8.91. The lowest BCUT2D eigenvalue weighted by Gasteiger charge is -2.21. The fraction of sp³-hybridized carbons (Fsp3) is 0.238. The van der Waals surface area contributed by atoms with Crippen LogP contribution in [0.2, 0.25) is 0 Å². The second kappa shape index (κ2) is 7.63. The number of fused-ring (bicyclic) bond motifs is 1. The van der Waals surface area contributed by atoms with Gasteiger partial charge in [-0.25, -0.2) is 0 Å². The normalized spacial score (nSPS) is 12.9. The zero-order valence-electron chi connectivity index (χ0n) is 15.5. The number of benzene rings is 2. The molecule has 138 valence electrons. The van der Waals surface area contributed by atoms with Gasteiger partial charge in [-0.05, 0) is 43.9 Å². The lowest BCUT2D eigenvalue weighted by Crippen LogP contribution is -2.15. The molecule has 0 unspecified atom stereocenters. The number of nitrogens with zero attached hydrogens (tertiary/aromatic N) is 3. The van der Waals surface area contributed by atoms with Crippen molar-refractivity contribution in [3.8, 4) is 22.6 Å². The van der Waals surface area contributed by atoms with Crippen LogP contribution in [-0.4, -0.2) is 42.4 Å². The van der Waals surface area contributed by atoms with Gasteiger partial charge in [0.1, 0.15) is 13.2 Å². The minimum absolute atomic E-state index is 0.548. The van der Waals surface area contributed by atoms with Gasteiger partial charge in [-0.15, -0.1) is 5.10 Å². The van der Waals surface area contributed by atoms with E-state index in [0.717, 1.165) is 34.9 Å². The summed E-state index contributed by atoms with van der Waals surface area (Å²) < 4.78 is 11.5. The molecule has 1 aliphatic rings. The first-order valence-corrected chi connectivity index (χ1v) is 8.91. The Morgan fingerprint density at radius 2 is 1.89 bits per heavy atom. The van der Waals surface area contributed by atoms with E-state index in [1.165, 1.54) is 5.56 Å². The molecule has 2 aromatic carbocycles. The highest BCUT2D eigenvalue weighted by atomic mass is 16.6. The molecule has 0 fully saturated rings. The Morgan fingerprint density at radius 1 is 1.04 bits per heavy atom. The summed E-state index contributed by atoms with van der Waals surface area (Å²) >= 11 is 0. The number of hydrogen-bond donors (Lipinski definition) is 1. The van der Waals surface area contributed by atoms with E-state index in [2.05, 4.69) is 46.6 Å². The molecule has 2 heterocycles. The SMILES string of the molecule is CN(C)Cc1cccc(Nc2cc(-c3cccc4c3OCCO4)cnn2)c1. The van der Waals surface area contributed by atoms with Gasteiger partial charge in [0.2, 0.25) is 0 Å². The Bertz CT molecular complexity index is 943. The molecule has 6 heteroatoms. The molecular formula is C21H22N4O2. The van der Waals surface area contributed by atoms with Gasteiger partial charge >= 0.3 is 0 Å². The minimum atomic E-state index is 0.548. The molecule has 1 aromatic heterocycles. The van der Waals surface area contributed by atoms with Gasteiger partial charge < -0.3 is 19.7 Å². The molecule has 27 heavy (non-hydrogen) atoms. The van der Waals surface area contributed by atoms with Crippen LogP contribution in [0.5, 0.6) is 11.5 Å². The van der Waals surface area contributed by atoms with Crippen molar-refractivity contribution < 1.29 is 9.47 Å². The molecular weight excluding hydrogens is 340 g/mol. The van der Waals surface area contributed by atoms with Crippen LogP contribution < -0.4 is 14.8 Å². The summed E-state index contributed by atoms with van der Waals surface area (Å²) in [5.41, 5.74) is 4.10. The van der Waals surface area contributed by atoms with Crippen LogP contribution in [0.1, 0.15) is 5.56 Å². The van der Waals surface area contributed by atoms with E-state index in [0.29, 0.717) is 19.0 Å². The zero-order chi connectivity index (χ0) is 18.6. The number of rotatable bonds is 5. The van der Waals surface area contributed by atoms with E-state index < -0.39 is 0 Å². The van der Waals surface area contributed by atoms with E-state index >= 15 is 0 Å². The lowest BCUT2D eigenvalue weighted by molar-refractivity contribution is 0.172. The lowest BCUT2D eigenvalue weighted by atomic mass is 10.1. The van der Waals surface area contributed by atoms with Crippen molar-refractivity contribution in [1.82, 2.24) is 15.1 Å². The molecule has 0 saturated heterocycles. The molecule has 1 aliphatic heterocycles. The highest BCUT2D eigenvalue weighted by Crippen LogP contribution is 2.39. The van der Waals surface area contributed by atoms with Crippen molar-refractivity contribution in [2.45, 2.75) is 6.54 Å². The van der Waals surface area contributed by atoms with Gasteiger partial charge in [-0.2, -0.15) is 5.10 Å². The molecule has 0 spiro atoms. The van der Waals surface area contributed by atoms with Gasteiger partial charge in [0.05, 0.1) is 6.20 Å². The topological polar surface area (TPSA) is 59.5 Å². The molecule has 1 N–H and O–H groups in total. The van der Waals surface area contributed by atoms with Crippen molar-refractivity contribution >= 4 is 11.5 Å². The third-order valence-corrected chi connectivity index (χ3v) is 4.23. The smallest absolute Gasteiger partial charge is 0.169 e. The molecule has 0 saturated carbocycles. The van der Waals surface area contributed by atoms with Gasteiger partial charge in [0, 0.05) is 23.4 Å². The Balaban J connectivity index is 1.61. The standard InChI is InChI=1S/C21H22N4O2/c1-25(2)14-15-5-3-6-17(11-15)23-20-12-16(13-22-24-20)18-7-4-8-19-21(18)27-10-9-26-19/h3-8,11-13H,9-10,14H2,1-2H3,(H,23,24). The molecule has 6 nitrogen and oxygen atoms in total. The van der Waals surface area contributed by atoms with E-state index in [1.807, 2.05) is 36.4 Å². The van der Waals surface area contributed by atoms with Crippen molar-refractivity contribution in [1.29, 1.82) is 0 Å². The molecule has 0 bridgehead atoms. The number of ether oxygens (including phenoxy) is 2. The fourth-order valence-electron chi connectivity index (χ4n) is 3.14. The summed E-state index contributed by atoms with van der Waals surface area (Å²) in [4.78, 5) is 2.14. The summed E-state index contributed by atoms with van der Waals surface area (Å²) in [6.45, 7) is 2.00. The van der Waals surface area contributed by atoms with E-state index in [4.69, 9.17) is 9.47 Å².